The number of carbonyl (C=O) groups excluding carboxylic acids is 1. The van der Waals surface area contributed by atoms with E-state index < -0.39 is 40.4 Å². The van der Waals surface area contributed by atoms with Gasteiger partial charge in [0.15, 0.2) is 5.82 Å². The lowest BCUT2D eigenvalue weighted by atomic mass is 9.94. The third-order valence-corrected chi connectivity index (χ3v) is 6.49. The van der Waals surface area contributed by atoms with Crippen LogP contribution in [0.1, 0.15) is 38.1 Å². The van der Waals surface area contributed by atoms with Gasteiger partial charge >= 0.3 is 6.09 Å². The summed E-state index contributed by atoms with van der Waals surface area (Å²) in [6.45, 7) is 5.20. The summed E-state index contributed by atoms with van der Waals surface area (Å²) in [4.78, 5) is 17.4. The number of nitrogens with zero attached hydrogens (tertiary/aromatic N) is 3. The fourth-order valence-electron chi connectivity index (χ4n) is 4.36. The van der Waals surface area contributed by atoms with Crippen molar-refractivity contribution in [2.75, 3.05) is 11.0 Å². The van der Waals surface area contributed by atoms with Gasteiger partial charge in [0, 0.05) is 36.7 Å². The molecule has 0 saturated heterocycles. The SMILES string of the molecule is Cn1nc(NS(C)=O)c2c(Cl)ccc(-c3cccnc3C(Cc3cc(F)cc(F)c3)NC(=O)OC(C)(C)C)c21. The van der Waals surface area contributed by atoms with E-state index in [2.05, 4.69) is 20.1 Å². The number of aromatic nitrogens is 3. The molecule has 0 saturated carbocycles. The summed E-state index contributed by atoms with van der Waals surface area (Å²) in [5.41, 5.74) is 1.94. The maximum atomic E-state index is 14.0. The number of hydrogen-bond acceptors (Lipinski definition) is 5. The summed E-state index contributed by atoms with van der Waals surface area (Å²) in [7, 11) is 0.338. The van der Waals surface area contributed by atoms with Crippen molar-refractivity contribution in [2.24, 2.45) is 7.05 Å². The standard InChI is InChI=1S/C27H28ClF2N5O3S/c1-27(2,3)38-26(36)32-21(13-15-11-16(29)14-17(30)12-15)23-18(7-6-10-31-23)19-8-9-20(28)22-24(19)35(4)33-25(22)34-39(5)37/h6-12,14,21H,13H2,1-5H3,(H,32,36)(H,33,34). The first-order chi connectivity index (χ1) is 18.3. The Balaban J connectivity index is 1.87. The smallest absolute Gasteiger partial charge is 0.408 e. The van der Waals surface area contributed by atoms with Gasteiger partial charge in [-0.1, -0.05) is 23.7 Å². The summed E-state index contributed by atoms with van der Waals surface area (Å²) in [6, 6.07) is 9.43. The molecule has 0 bridgehead atoms. The molecule has 39 heavy (non-hydrogen) atoms. The zero-order chi connectivity index (χ0) is 28.5. The number of amides is 1. The van der Waals surface area contributed by atoms with E-state index in [0.717, 1.165) is 6.07 Å². The van der Waals surface area contributed by atoms with Crippen molar-refractivity contribution >= 4 is 45.4 Å². The van der Waals surface area contributed by atoms with Crippen LogP contribution < -0.4 is 10.0 Å². The Morgan fingerprint density at radius 2 is 1.85 bits per heavy atom. The molecule has 2 heterocycles. The number of halogens is 3. The number of benzene rings is 2. The number of carbonyl (C=O) groups is 1. The van der Waals surface area contributed by atoms with Crippen molar-refractivity contribution in [1.29, 1.82) is 0 Å². The van der Waals surface area contributed by atoms with Crippen LogP contribution in [0.4, 0.5) is 19.4 Å². The summed E-state index contributed by atoms with van der Waals surface area (Å²) in [5, 5.41) is 8.25. The number of rotatable bonds is 7. The van der Waals surface area contributed by atoms with E-state index in [9.17, 15) is 17.8 Å². The van der Waals surface area contributed by atoms with Crippen molar-refractivity contribution in [3.05, 3.63) is 76.6 Å². The zero-order valence-electron chi connectivity index (χ0n) is 22.0. The van der Waals surface area contributed by atoms with Crippen LogP contribution in [-0.2, 0) is 29.2 Å². The second-order valence-corrected chi connectivity index (χ2v) is 11.5. The maximum Gasteiger partial charge on any atom is 0.408 e. The van der Waals surface area contributed by atoms with E-state index in [-0.39, 0.29) is 6.42 Å². The van der Waals surface area contributed by atoms with Crippen LogP contribution in [0.3, 0.4) is 0 Å². The van der Waals surface area contributed by atoms with Crippen molar-refractivity contribution in [2.45, 2.75) is 38.8 Å². The zero-order valence-corrected chi connectivity index (χ0v) is 23.6. The number of anilines is 1. The lowest BCUT2D eigenvalue weighted by Crippen LogP contribution is -2.36. The normalized spacial score (nSPS) is 13.2. The quantitative estimate of drug-likeness (QED) is 0.278. The Morgan fingerprint density at radius 3 is 2.49 bits per heavy atom. The molecule has 1 amide bonds. The fraction of sp³-hybridized carbons (Fsp3) is 0.296. The molecule has 0 fully saturated rings. The molecule has 2 atom stereocenters. The Labute approximate surface area is 232 Å². The highest BCUT2D eigenvalue weighted by atomic mass is 35.5. The number of pyridine rings is 1. The molecule has 2 unspecified atom stereocenters. The van der Waals surface area contributed by atoms with Crippen LogP contribution >= 0.6 is 11.6 Å². The lowest BCUT2D eigenvalue weighted by molar-refractivity contribution is 0.0502. The predicted molar refractivity (Wildman–Crippen MR) is 149 cm³/mol. The minimum atomic E-state index is -1.39. The number of aryl methyl sites for hydroxylation is 1. The first kappa shape index (κ1) is 28.4. The summed E-state index contributed by atoms with van der Waals surface area (Å²) < 4.78 is 49.9. The third kappa shape index (κ3) is 6.72. The van der Waals surface area contributed by atoms with Crippen LogP contribution in [0, 0.1) is 11.6 Å². The number of fused-ring (bicyclic) bond motifs is 1. The largest absolute Gasteiger partial charge is 0.444 e. The first-order valence-corrected chi connectivity index (χ1v) is 13.9. The molecule has 0 spiro atoms. The topological polar surface area (TPSA) is 98.1 Å². The van der Waals surface area contributed by atoms with Crippen LogP contribution in [0.25, 0.3) is 22.0 Å². The van der Waals surface area contributed by atoms with Gasteiger partial charge in [-0.3, -0.25) is 14.4 Å². The lowest BCUT2D eigenvalue weighted by Gasteiger charge is -2.25. The fourth-order valence-corrected chi connectivity index (χ4v) is 5.01. The van der Waals surface area contributed by atoms with Crippen molar-refractivity contribution in [3.63, 3.8) is 0 Å². The van der Waals surface area contributed by atoms with Gasteiger partial charge in [0.05, 0.1) is 27.7 Å². The van der Waals surface area contributed by atoms with Gasteiger partial charge in [0.1, 0.15) is 28.2 Å². The summed E-state index contributed by atoms with van der Waals surface area (Å²) in [5.74, 6) is -1.11. The molecule has 12 heteroatoms. The van der Waals surface area contributed by atoms with Crippen molar-refractivity contribution < 1.29 is 22.5 Å². The molecule has 2 aromatic carbocycles. The molecular weight excluding hydrogens is 548 g/mol. The van der Waals surface area contributed by atoms with E-state index in [4.69, 9.17) is 16.3 Å². The van der Waals surface area contributed by atoms with E-state index in [0.29, 0.717) is 44.1 Å². The van der Waals surface area contributed by atoms with Crippen LogP contribution in [0.15, 0.2) is 48.7 Å². The highest BCUT2D eigenvalue weighted by Gasteiger charge is 2.26. The van der Waals surface area contributed by atoms with Gasteiger partial charge in [-0.05, 0) is 57.0 Å². The van der Waals surface area contributed by atoms with Gasteiger partial charge < -0.3 is 10.1 Å². The minimum Gasteiger partial charge on any atom is -0.444 e. The molecule has 4 aromatic rings. The minimum absolute atomic E-state index is 0.0294. The van der Waals surface area contributed by atoms with Gasteiger partial charge in [0.2, 0.25) is 0 Å². The van der Waals surface area contributed by atoms with Gasteiger partial charge in [-0.2, -0.15) is 5.10 Å². The van der Waals surface area contributed by atoms with Gasteiger partial charge in [0.25, 0.3) is 0 Å². The number of nitrogens with one attached hydrogen (secondary N) is 2. The van der Waals surface area contributed by atoms with Gasteiger partial charge in [-0.25, -0.2) is 17.8 Å². The second kappa shape index (κ2) is 11.3. The van der Waals surface area contributed by atoms with Gasteiger partial charge in [-0.15, -0.1) is 0 Å². The Morgan fingerprint density at radius 1 is 1.15 bits per heavy atom. The second-order valence-electron chi connectivity index (χ2n) is 9.96. The molecule has 0 aliphatic heterocycles. The predicted octanol–water partition coefficient (Wildman–Crippen LogP) is 6.08. The molecule has 2 N–H and O–H groups in total. The van der Waals surface area contributed by atoms with E-state index in [1.54, 1.807) is 56.9 Å². The van der Waals surface area contributed by atoms with E-state index >= 15 is 0 Å². The number of alkyl carbamates (subject to hydrolysis) is 1. The number of hydrogen-bond donors (Lipinski definition) is 2. The maximum absolute atomic E-state index is 14.0. The Bertz CT molecular complexity index is 1550. The van der Waals surface area contributed by atoms with E-state index in [1.165, 1.54) is 18.4 Å². The van der Waals surface area contributed by atoms with E-state index in [1.807, 2.05) is 6.07 Å². The summed E-state index contributed by atoms with van der Waals surface area (Å²) in [6.07, 6.45) is 2.37. The molecular formula is C27H28ClF2N5O3S. The monoisotopic (exact) mass is 575 g/mol. The number of ether oxygens (including phenoxy) is 1. The summed E-state index contributed by atoms with van der Waals surface area (Å²) >= 11 is 6.54. The van der Waals surface area contributed by atoms with Crippen LogP contribution in [0.2, 0.25) is 5.02 Å². The molecule has 0 aliphatic carbocycles. The molecule has 8 nitrogen and oxygen atoms in total. The van der Waals surface area contributed by atoms with Crippen LogP contribution in [0.5, 0.6) is 0 Å². The average molecular weight is 576 g/mol. The van der Waals surface area contributed by atoms with Crippen molar-refractivity contribution in [1.82, 2.24) is 20.1 Å². The van der Waals surface area contributed by atoms with Crippen LogP contribution in [-0.4, -0.2) is 36.9 Å². The van der Waals surface area contributed by atoms with Crippen molar-refractivity contribution in [3.8, 4) is 11.1 Å². The average Bonchev–Trinajstić information content (AvgIpc) is 3.13. The molecule has 206 valence electrons. The molecule has 2 aromatic heterocycles. The third-order valence-electron chi connectivity index (χ3n) is 5.69. The Kier molecular flexibility index (Phi) is 8.22. The first-order valence-electron chi connectivity index (χ1n) is 12.0. The molecule has 0 aliphatic rings. The Hall–Kier alpha value is -3.57. The highest BCUT2D eigenvalue weighted by Crippen LogP contribution is 2.39. The molecule has 0 radical (unpaired) electrons. The highest BCUT2D eigenvalue weighted by molar-refractivity contribution is 7.85. The molecule has 4 rings (SSSR count).